The van der Waals surface area contributed by atoms with E-state index in [2.05, 4.69) is 131 Å². The molecule has 0 fully saturated rings. The van der Waals surface area contributed by atoms with E-state index >= 15 is 0 Å². The molecule has 0 radical (unpaired) electrons. The number of carbonyl (C=O) groups is 4. The second-order valence-electron chi connectivity index (χ2n) is 24.1. The normalized spacial score (nSPS) is 14.7. The van der Waals surface area contributed by atoms with Crippen molar-refractivity contribution in [1.82, 2.24) is 0 Å². The summed E-state index contributed by atoms with van der Waals surface area (Å²) in [6.07, 6.45) is 73.7. The van der Waals surface area contributed by atoms with Crippen LogP contribution in [0, 0.1) is 0 Å². The molecule has 0 aromatic carbocycles. The first-order chi connectivity index (χ1) is 46.7. The van der Waals surface area contributed by atoms with Gasteiger partial charge in [0.2, 0.25) is 0 Å². The van der Waals surface area contributed by atoms with E-state index in [-0.39, 0.29) is 25.7 Å². The summed E-state index contributed by atoms with van der Waals surface area (Å²) in [6, 6.07) is 0. The summed E-state index contributed by atoms with van der Waals surface area (Å²) < 4.78 is 68.2. The maximum Gasteiger partial charge on any atom is 0.472 e. The number of hydrogen-bond donors (Lipinski definition) is 3. The van der Waals surface area contributed by atoms with Crippen LogP contribution in [0.5, 0.6) is 0 Å². The molecule has 0 aliphatic heterocycles. The highest BCUT2D eigenvalue weighted by Gasteiger charge is 2.30. The van der Waals surface area contributed by atoms with Crippen LogP contribution in [-0.2, 0) is 65.4 Å². The number of phosphoric acid groups is 2. The molecule has 0 rings (SSSR count). The van der Waals surface area contributed by atoms with E-state index in [9.17, 15) is 43.2 Å². The van der Waals surface area contributed by atoms with Crippen molar-refractivity contribution in [2.75, 3.05) is 39.6 Å². The van der Waals surface area contributed by atoms with Crippen LogP contribution in [0.1, 0.15) is 285 Å². The fourth-order valence-electron chi connectivity index (χ4n) is 9.24. The first-order valence-electron chi connectivity index (χ1n) is 36.8. The smallest absolute Gasteiger partial charge is 0.462 e. The van der Waals surface area contributed by atoms with Crippen LogP contribution in [0.2, 0.25) is 0 Å². The average Bonchev–Trinajstić information content (AvgIpc) is 1.15. The Balaban J connectivity index is 5.37. The molecule has 550 valence electrons. The molecule has 5 unspecified atom stereocenters. The number of hydrogen-bond acceptors (Lipinski definition) is 15. The highest BCUT2D eigenvalue weighted by atomic mass is 31.2. The summed E-state index contributed by atoms with van der Waals surface area (Å²) in [5, 5.41) is 10.6. The minimum Gasteiger partial charge on any atom is -0.462 e. The second kappa shape index (κ2) is 69.0. The van der Waals surface area contributed by atoms with Gasteiger partial charge < -0.3 is 33.8 Å². The number of esters is 4. The lowest BCUT2D eigenvalue weighted by Gasteiger charge is -2.21. The van der Waals surface area contributed by atoms with Crippen molar-refractivity contribution in [1.29, 1.82) is 0 Å². The molecule has 0 aromatic heterocycles. The molecule has 96 heavy (non-hydrogen) atoms. The molecule has 0 spiro atoms. The van der Waals surface area contributed by atoms with Gasteiger partial charge in [0.05, 0.1) is 26.4 Å². The van der Waals surface area contributed by atoms with Crippen molar-refractivity contribution in [3.63, 3.8) is 0 Å². The number of aliphatic hydroxyl groups excluding tert-OH is 1. The fraction of sp³-hybridized carbons (Fsp3) is 0.688. The summed E-state index contributed by atoms with van der Waals surface area (Å²) >= 11 is 0. The van der Waals surface area contributed by atoms with Crippen molar-refractivity contribution in [2.24, 2.45) is 0 Å². The monoisotopic (exact) mass is 1390 g/mol. The molecule has 0 bridgehead atoms. The van der Waals surface area contributed by atoms with Gasteiger partial charge >= 0.3 is 39.5 Å². The van der Waals surface area contributed by atoms with Crippen LogP contribution >= 0.6 is 15.6 Å². The second-order valence-corrected chi connectivity index (χ2v) is 27.0. The van der Waals surface area contributed by atoms with E-state index in [4.69, 9.17) is 37.0 Å². The molecule has 0 aliphatic carbocycles. The SMILES string of the molecule is CC/C=C\C/C=C\C/C=C\C/C=C\C/C=C\C/C=C\CCC(=O)OCC(COP(=O)(O)OCC(O)COP(=O)(O)OCC(COC(=O)CCCCCCC/C=C\C/C=C\CCCCC)OC(=O)CCCCCCC/C=C\CCCC)OC(=O)CCCCCCC/C=C\CCCC. The van der Waals surface area contributed by atoms with Gasteiger partial charge in [0, 0.05) is 25.7 Å². The van der Waals surface area contributed by atoms with Crippen molar-refractivity contribution < 1.29 is 80.2 Å². The van der Waals surface area contributed by atoms with Crippen molar-refractivity contribution >= 4 is 39.5 Å². The molecule has 0 amide bonds. The zero-order valence-corrected chi connectivity index (χ0v) is 61.5. The largest absolute Gasteiger partial charge is 0.472 e. The Kier molecular flexibility index (Phi) is 65.7. The maximum absolute atomic E-state index is 13.0. The van der Waals surface area contributed by atoms with E-state index in [0.29, 0.717) is 32.1 Å². The third-order valence-electron chi connectivity index (χ3n) is 14.9. The molecule has 0 saturated carbocycles. The lowest BCUT2D eigenvalue weighted by molar-refractivity contribution is -0.161. The van der Waals surface area contributed by atoms with E-state index < -0.39 is 97.5 Å². The predicted molar refractivity (Wildman–Crippen MR) is 390 cm³/mol. The Morgan fingerprint density at radius 2 is 0.573 bits per heavy atom. The minimum atomic E-state index is -4.99. The summed E-state index contributed by atoms with van der Waals surface area (Å²) in [4.78, 5) is 72.6. The van der Waals surface area contributed by atoms with Gasteiger partial charge in [-0.2, -0.15) is 0 Å². The van der Waals surface area contributed by atoms with Crippen LogP contribution in [0.3, 0.4) is 0 Å². The first-order valence-corrected chi connectivity index (χ1v) is 39.8. The van der Waals surface area contributed by atoms with E-state index in [1.54, 1.807) is 0 Å². The third-order valence-corrected chi connectivity index (χ3v) is 16.8. The summed E-state index contributed by atoms with van der Waals surface area (Å²) in [6.45, 7) is 4.51. The van der Waals surface area contributed by atoms with Gasteiger partial charge in [-0.25, -0.2) is 9.13 Å². The van der Waals surface area contributed by atoms with Gasteiger partial charge in [-0.15, -0.1) is 0 Å². The maximum atomic E-state index is 13.0. The zero-order chi connectivity index (χ0) is 70.4. The number of ether oxygens (including phenoxy) is 4. The Hall–Kier alpha value is -4.54. The van der Waals surface area contributed by atoms with Gasteiger partial charge in [-0.1, -0.05) is 246 Å². The summed E-state index contributed by atoms with van der Waals surface area (Å²) in [5.41, 5.74) is 0. The zero-order valence-electron chi connectivity index (χ0n) is 59.8. The molecule has 19 heteroatoms. The highest BCUT2D eigenvalue weighted by molar-refractivity contribution is 7.47. The molecule has 0 aromatic rings. The Labute approximate surface area is 581 Å². The van der Waals surface area contributed by atoms with Gasteiger partial charge in [-0.05, 0) is 135 Å². The van der Waals surface area contributed by atoms with E-state index in [1.165, 1.54) is 44.9 Å². The minimum absolute atomic E-state index is 0.0323. The Morgan fingerprint density at radius 3 is 0.938 bits per heavy atom. The molecule has 3 N–H and O–H groups in total. The lowest BCUT2D eigenvalue weighted by Crippen LogP contribution is -2.30. The van der Waals surface area contributed by atoms with E-state index in [0.717, 1.165) is 154 Å². The topological polar surface area (TPSA) is 237 Å². The van der Waals surface area contributed by atoms with Crippen molar-refractivity contribution in [3.05, 3.63) is 122 Å². The van der Waals surface area contributed by atoms with Crippen LogP contribution in [0.15, 0.2) is 122 Å². The van der Waals surface area contributed by atoms with Crippen LogP contribution in [-0.4, -0.2) is 96.7 Å². The molecule has 0 heterocycles. The fourth-order valence-corrected chi connectivity index (χ4v) is 10.8. The average molecular weight is 1390 g/mol. The first kappa shape index (κ1) is 91.5. The Bertz CT molecular complexity index is 2300. The van der Waals surface area contributed by atoms with Gasteiger partial charge in [0.25, 0.3) is 0 Å². The third kappa shape index (κ3) is 68.0. The molecule has 5 atom stereocenters. The van der Waals surface area contributed by atoms with Gasteiger partial charge in [0.1, 0.15) is 19.3 Å². The number of carbonyl (C=O) groups excluding carboxylic acids is 4. The van der Waals surface area contributed by atoms with Gasteiger partial charge in [-0.3, -0.25) is 37.3 Å². The number of unbranched alkanes of at least 4 members (excludes halogenated alkanes) is 22. The Morgan fingerprint density at radius 1 is 0.302 bits per heavy atom. The standard InChI is InChI=1S/C77H130O17P2/c1-5-9-13-17-21-25-29-31-33-34-35-36-38-40-44-46-50-54-58-62-75(80)88-68-73(94-77(82)64-60-56-52-48-42-28-24-20-16-12-8-4)70-92-96(85,86)90-66-71(78)65-89-95(83,84)91-69-72(93-76(81)63-59-55-51-47-41-27-23-19-15-11-7-3)67-87-74(79)61-57-53-49-45-43-39-37-32-30-26-22-18-14-10-6-2/h9,13,19-26,31-33,35-37,40,44,50,54,71-73,78H,5-8,10-12,14-18,27-30,34,38-39,41-43,45-49,51-53,55-70H2,1-4H3,(H,83,84)(H,85,86)/b13-9-,23-19-,24-20-,25-21-,26-22-,33-31-,36-35-,37-32-,44-40-,54-50-. The van der Waals surface area contributed by atoms with Crippen molar-refractivity contribution in [3.8, 4) is 0 Å². The van der Waals surface area contributed by atoms with Crippen LogP contribution in [0.4, 0.5) is 0 Å². The molecule has 0 aliphatic rings. The number of aliphatic hydroxyl groups is 1. The number of rotatable bonds is 68. The van der Waals surface area contributed by atoms with Gasteiger partial charge in [0.15, 0.2) is 12.2 Å². The van der Waals surface area contributed by atoms with Crippen LogP contribution in [0.25, 0.3) is 0 Å². The summed E-state index contributed by atoms with van der Waals surface area (Å²) in [7, 11) is -9.97. The van der Waals surface area contributed by atoms with Crippen molar-refractivity contribution in [2.45, 2.75) is 303 Å². The summed E-state index contributed by atoms with van der Waals surface area (Å²) in [5.74, 6) is -2.31. The lowest BCUT2D eigenvalue weighted by atomic mass is 10.1. The molecule has 17 nitrogen and oxygen atoms in total. The molecular formula is C77H130O17P2. The molecular weight excluding hydrogens is 1260 g/mol. The quantitative estimate of drug-likeness (QED) is 0.0169. The van der Waals surface area contributed by atoms with Crippen LogP contribution < -0.4 is 0 Å². The number of allylic oxidation sites excluding steroid dienone is 20. The predicted octanol–water partition coefficient (Wildman–Crippen LogP) is 20.8. The van der Waals surface area contributed by atoms with E-state index in [1.807, 2.05) is 18.2 Å². The molecule has 0 saturated heterocycles. The number of phosphoric ester groups is 2. The highest BCUT2D eigenvalue weighted by Crippen LogP contribution is 2.45.